The van der Waals surface area contributed by atoms with Crippen molar-refractivity contribution in [1.82, 2.24) is 15.3 Å². The highest BCUT2D eigenvalue weighted by Gasteiger charge is 2.33. The van der Waals surface area contributed by atoms with Gasteiger partial charge < -0.3 is 25.0 Å². The van der Waals surface area contributed by atoms with Gasteiger partial charge >= 0.3 is 0 Å². The average Bonchev–Trinajstić information content (AvgIpc) is 3.75. The van der Waals surface area contributed by atoms with E-state index in [1.165, 1.54) is 16.5 Å². The van der Waals surface area contributed by atoms with E-state index in [4.69, 9.17) is 4.74 Å². The number of amides is 1. The van der Waals surface area contributed by atoms with E-state index in [9.17, 15) is 9.90 Å². The maximum Gasteiger partial charge on any atom is 0.265 e. The van der Waals surface area contributed by atoms with Crippen molar-refractivity contribution in [3.63, 3.8) is 0 Å². The Morgan fingerprint density at radius 3 is 2.85 bits per heavy atom. The smallest absolute Gasteiger partial charge is 0.265 e. The van der Waals surface area contributed by atoms with Crippen molar-refractivity contribution in [2.24, 2.45) is 0 Å². The van der Waals surface area contributed by atoms with Crippen LogP contribution in [0.25, 0.3) is 27.7 Å². The molecule has 0 radical (unpaired) electrons. The second-order valence-corrected chi connectivity index (χ2v) is 10.4. The van der Waals surface area contributed by atoms with Crippen LogP contribution in [0, 0.1) is 5.82 Å². The highest BCUT2D eigenvalue weighted by molar-refractivity contribution is 6.09. The van der Waals surface area contributed by atoms with Gasteiger partial charge in [0, 0.05) is 29.4 Å². The van der Waals surface area contributed by atoms with Crippen LogP contribution in [-0.2, 0) is 6.61 Å². The van der Waals surface area contributed by atoms with Gasteiger partial charge in [-0.3, -0.25) is 4.79 Å². The number of aromatic amines is 1. The van der Waals surface area contributed by atoms with Gasteiger partial charge in [-0.25, -0.2) is 9.37 Å². The van der Waals surface area contributed by atoms with Crippen molar-refractivity contribution < 1.29 is 19.0 Å². The fourth-order valence-electron chi connectivity index (χ4n) is 5.84. The number of carbonyl (C=O) groups excluding carboxylic acids is 1. The monoisotopic (exact) mass is 524 g/mol. The summed E-state index contributed by atoms with van der Waals surface area (Å²) in [4.78, 5) is 23.3. The van der Waals surface area contributed by atoms with Gasteiger partial charge in [0.25, 0.3) is 5.91 Å². The first-order chi connectivity index (χ1) is 19.1. The summed E-state index contributed by atoms with van der Waals surface area (Å²) >= 11 is 0. The molecule has 2 aliphatic heterocycles. The number of nitrogens with one attached hydrogen (secondary N) is 2. The van der Waals surface area contributed by atoms with E-state index in [1.807, 2.05) is 24.3 Å². The lowest BCUT2D eigenvalue weighted by Gasteiger charge is -2.24. The number of halogens is 1. The summed E-state index contributed by atoms with van der Waals surface area (Å²) < 4.78 is 21.2. The Morgan fingerprint density at radius 1 is 1.15 bits per heavy atom. The fraction of sp³-hybridized carbons (Fsp3) is 0.290. The molecule has 1 saturated carbocycles. The minimum absolute atomic E-state index is 0.0528. The van der Waals surface area contributed by atoms with E-state index in [2.05, 4.69) is 27.4 Å². The van der Waals surface area contributed by atoms with Crippen LogP contribution in [0.2, 0.25) is 0 Å². The molecule has 2 aromatic heterocycles. The number of nitrogens with zero attached hydrogens (tertiary/aromatic N) is 2. The van der Waals surface area contributed by atoms with E-state index in [-0.39, 0.29) is 25.3 Å². The summed E-state index contributed by atoms with van der Waals surface area (Å²) in [5.41, 5.74) is 6.72. The van der Waals surface area contributed by atoms with Crippen LogP contribution < -0.4 is 15.0 Å². The summed E-state index contributed by atoms with van der Waals surface area (Å²) in [6.07, 6.45) is 6.93. The molecule has 7 nitrogen and oxygen atoms in total. The minimum atomic E-state index is -0.559. The number of ether oxygens (including phenoxy) is 1. The number of aliphatic hydroxyl groups is 1. The molecule has 4 aromatic rings. The Balaban J connectivity index is 1.31. The predicted octanol–water partition coefficient (Wildman–Crippen LogP) is 5.15. The van der Waals surface area contributed by atoms with E-state index < -0.39 is 11.7 Å². The topological polar surface area (TPSA) is 90.5 Å². The number of hydrogen-bond donors (Lipinski definition) is 3. The maximum absolute atomic E-state index is 15.3. The summed E-state index contributed by atoms with van der Waals surface area (Å²) in [5.74, 6) is -0.376. The summed E-state index contributed by atoms with van der Waals surface area (Å²) in [7, 11) is 0. The average molecular weight is 525 g/mol. The van der Waals surface area contributed by atoms with Crippen LogP contribution in [0.5, 0.6) is 5.75 Å². The fourth-order valence-corrected chi connectivity index (χ4v) is 5.84. The second-order valence-electron chi connectivity index (χ2n) is 10.4. The van der Waals surface area contributed by atoms with Gasteiger partial charge in [0.1, 0.15) is 29.4 Å². The van der Waals surface area contributed by atoms with Crippen LogP contribution in [-0.4, -0.2) is 47.2 Å². The summed E-state index contributed by atoms with van der Waals surface area (Å²) in [6, 6.07) is 12.9. The van der Waals surface area contributed by atoms with Crippen molar-refractivity contribution in [2.45, 2.75) is 31.8 Å². The number of H-pyrrole nitrogens is 1. The Labute approximate surface area is 225 Å². The highest BCUT2D eigenvalue weighted by atomic mass is 19.1. The molecule has 1 aliphatic carbocycles. The van der Waals surface area contributed by atoms with Gasteiger partial charge in [-0.15, -0.1) is 0 Å². The Hall–Kier alpha value is -4.01. The lowest BCUT2D eigenvalue weighted by atomic mass is 9.95. The maximum atomic E-state index is 15.3. The van der Waals surface area contributed by atoms with Gasteiger partial charge in [0.05, 0.1) is 18.8 Å². The first-order valence-corrected chi connectivity index (χ1v) is 13.5. The molecule has 198 valence electrons. The van der Waals surface area contributed by atoms with Crippen LogP contribution >= 0.6 is 0 Å². The number of aromatic nitrogens is 2. The molecular weight excluding hydrogens is 495 g/mol. The number of pyridine rings is 1. The third-order valence-corrected chi connectivity index (χ3v) is 7.99. The van der Waals surface area contributed by atoms with E-state index in [1.54, 1.807) is 12.3 Å². The van der Waals surface area contributed by atoms with Gasteiger partial charge in [-0.1, -0.05) is 18.2 Å². The lowest BCUT2D eigenvalue weighted by Crippen LogP contribution is -2.33. The molecule has 0 unspecified atom stereocenters. The molecule has 39 heavy (non-hydrogen) atoms. The Bertz CT molecular complexity index is 1640. The molecule has 3 aliphatic rings. The number of fused-ring (bicyclic) bond motifs is 2. The standard InChI is InChI=1S/C31H29FN4O3/c32-25-14-20(18-4-5-18)15-28-29(25)31(38)36(12-13-39-28)27-3-1-2-21(24(27)17-37)22-8-11-34-30-23(22)16-26(35-30)19-6-9-33-10-7-19/h1-3,6,8,11,14-16,18,33,37H,4-5,7,9-10,12-13,17H2,(H,34,35). The second kappa shape index (κ2) is 9.63. The van der Waals surface area contributed by atoms with Gasteiger partial charge in [-0.05, 0) is 84.3 Å². The zero-order chi connectivity index (χ0) is 26.5. The Kier molecular flexibility index (Phi) is 5.94. The number of aliphatic hydroxyl groups excluding tert-OH is 1. The molecule has 0 atom stereocenters. The number of benzene rings is 2. The largest absolute Gasteiger partial charge is 0.491 e. The zero-order valence-corrected chi connectivity index (χ0v) is 21.5. The minimum Gasteiger partial charge on any atom is -0.491 e. The number of hydrogen-bond acceptors (Lipinski definition) is 5. The van der Waals surface area contributed by atoms with Gasteiger partial charge in [0.2, 0.25) is 0 Å². The molecular formula is C31H29FN4O3. The van der Waals surface area contributed by atoms with E-state index >= 15 is 4.39 Å². The van der Waals surface area contributed by atoms with Gasteiger partial charge in [-0.2, -0.15) is 0 Å². The third kappa shape index (κ3) is 4.20. The van der Waals surface area contributed by atoms with Crippen molar-refractivity contribution in [3.8, 4) is 16.9 Å². The van der Waals surface area contributed by atoms with Crippen LogP contribution in [0.1, 0.15) is 52.4 Å². The quantitative estimate of drug-likeness (QED) is 0.336. The predicted molar refractivity (Wildman–Crippen MR) is 148 cm³/mol. The third-order valence-electron chi connectivity index (χ3n) is 7.99. The molecule has 4 heterocycles. The summed E-state index contributed by atoms with van der Waals surface area (Å²) in [5, 5.41) is 14.9. The SMILES string of the molecule is O=C1c2c(F)cc(C3CC3)cc2OCCN1c1cccc(-c2ccnc3[nH]c(C4=CCNCC4)cc23)c1CO. The normalized spacial score (nSPS) is 17.5. The molecule has 2 aromatic carbocycles. The molecule has 0 bridgehead atoms. The van der Waals surface area contributed by atoms with E-state index in [0.29, 0.717) is 22.9 Å². The van der Waals surface area contributed by atoms with Gasteiger partial charge in [0.15, 0.2) is 0 Å². The zero-order valence-electron chi connectivity index (χ0n) is 21.5. The number of anilines is 1. The first kappa shape index (κ1) is 24.1. The number of rotatable bonds is 5. The molecule has 7 rings (SSSR count). The molecule has 1 fully saturated rings. The summed E-state index contributed by atoms with van der Waals surface area (Å²) in [6.45, 7) is 1.94. The van der Waals surface area contributed by atoms with Crippen LogP contribution in [0.3, 0.4) is 0 Å². The van der Waals surface area contributed by atoms with Crippen molar-refractivity contribution in [3.05, 3.63) is 82.9 Å². The molecule has 3 N–H and O–H groups in total. The Morgan fingerprint density at radius 2 is 2.05 bits per heavy atom. The molecule has 1 amide bonds. The first-order valence-electron chi connectivity index (χ1n) is 13.5. The van der Waals surface area contributed by atoms with Crippen LogP contribution in [0.4, 0.5) is 10.1 Å². The van der Waals surface area contributed by atoms with E-state index in [0.717, 1.165) is 65.8 Å². The number of carbonyl (C=O) groups is 1. The van der Waals surface area contributed by atoms with Crippen molar-refractivity contribution >= 4 is 28.2 Å². The van der Waals surface area contributed by atoms with Crippen LogP contribution in [0.15, 0.2) is 54.7 Å². The molecule has 0 spiro atoms. The molecule has 8 heteroatoms. The van der Waals surface area contributed by atoms with Crippen molar-refractivity contribution in [1.29, 1.82) is 0 Å². The lowest BCUT2D eigenvalue weighted by molar-refractivity contribution is 0.0985. The molecule has 0 saturated heterocycles. The van der Waals surface area contributed by atoms with Crippen molar-refractivity contribution in [2.75, 3.05) is 31.1 Å². The highest BCUT2D eigenvalue weighted by Crippen LogP contribution is 2.43.